The van der Waals surface area contributed by atoms with Crippen LogP contribution in [-0.4, -0.2) is 22.4 Å². The van der Waals surface area contributed by atoms with E-state index in [2.05, 4.69) is 23.4 Å². The van der Waals surface area contributed by atoms with Crippen LogP contribution in [0.4, 0.5) is 0 Å². The Morgan fingerprint density at radius 2 is 2.29 bits per heavy atom. The molecule has 1 atom stereocenters. The van der Waals surface area contributed by atoms with Crippen molar-refractivity contribution in [3.8, 4) is 6.07 Å². The van der Waals surface area contributed by atoms with E-state index in [1.165, 1.54) is 0 Å². The molecular formula is C13H22N4. The second kappa shape index (κ2) is 6.41. The van der Waals surface area contributed by atoms with Crippen molar-refractivity contribution in [1.82, 2.24) is 15.1 Å². The van der Waals surface area contributed by atoms with E-state index in [0.29, 0.717) is 6.04 Å². The molecule has 17 heavy (non-hydrogen) atoms. The molecule has 0 spiro atoms. The fourth-order valence-corrected chi connectivity index (χ4v) is 1.69. The number of rotatable bonds is 7. The van der Waals surface area contributed by atoms with Gasteiger partial charge in [0.1, 0.15) is 0 Å². The summed E-state index contributed by atoms with van der Waals surface area (Å²) in [6.07, 6.45) is 5.73. The molecule has 1 aromatic rings. The maximum Gasteiger partial charge on any atom is 0.0683 e. The lowest BCUT2D eigenvalue weighted by Gasteiger charge is -2.17. The second-order valence-electron chi connectivity index (χ2n) is 5.18. The Balaban J connectivity index is 2.13. The van der Waals surface area contributed by atoms with Crippen molar-refractivity contribution in [3.05, 3.63) is 18.5 Å². The standard InChI is InChI=1S/C13H22N4/c1-12(10-17-9-5-8-16-17)15-7-4-6-13(2,3)11-14/h5,8-9,12,15H,4,6-7,10H2,1-3H3. The van der Waals surface area contributed by atoms with E-state index >= 15 is 0 Å². The van der Waals surface area contributed by atoms with E-state index < -0.39 is 0 Å². The van der Waals surface area contributed by atoms with Crippen molar-refractivity contribution in [2.75, 3.05) is 6.54 Å². The average Bonchev–Trinajstić information content (AvgIpc) is 2.77. The Labute approximate surface area is 104 Å². The number of hydrogen-bond acceptors (Lipinski definition) is 3. The molecule has 4 nitrogen and oxygen atoms in total. The highest BCUT2D eigenvalue weighted by atomic mass is 15.3. The Morgan fingerprint density at radius 3 is 2.88 bits per heavy atom. The van der Waals surface area contributed by atoms with Gasteiger partial charge in [0.15, 0.2) is 0 Å². The van der Waals surface area contributed by atoms with Crippen molar-refractivity contribution in [3.63, 3.8) is 0 Å². The van der Waals surface area contributed by atoms with Crippen molar-refractivity contribution < 1.29 is 0 Å². The molecule has 94 valence electrons. The molecule has 0 aliphatic rings. The molecule has 1 heterocycles. The van der Waals surface area contributed by atoms with E-state index in [1.54, 1.807) is 6.20 Å². The van der Waals surface area contributed by atoms with Crippen molar-refractivity contribution in [1.29, 1.82) is 5.26 Å². The first-order valence-electron chi connectivity index (χ1n) is 6.15. The summed E-state index contributed by atoms with van der Waals surface area (Å²) < 4.78 is 1.93. The zero-order chi connectivity index (χ0) is 12.7. The Morgan fingerprint density at radius 1 is 1.53 bits per heavy atom. The van der Waals surface area contributed by atoms with Crippen LogP contribution in [-0.2, 0) is 6.54 Å². The molecule has 0 aliphatic carbocycles. The largest absolute Gasteiger partial charge is 0.312 e. The lowest BCUT2D eigenvalue weighted by Crippen LogP contribution is -2.31. The van der Waals surface area contributed by atoms with Gasteiger partial charge in [-0.25, -0.2) is 0 Å². The van der Waals surface area contributed by atoms with E-state index in [1.807, 2.05) is 30.8 Å². The van der Waals surface area contributed by atoms with Crippen molar-refractivity contribution in [2.45, 2.75) is 46.2 Å². The Hall–Kier alpha value is -1.34. The van der Waals surface area contributed by atoms with Crippen molar-refractivity contribution in [2.24, 2.45) is 5.41 Å². The third-order valence-corrected chi connectivity index (χ3v) is 2.79. The minimum atomic E-state index is -0.201. The zero-order valence-electron chi connectivity index (χ0n) is 11.0. The molecule has 0 aromatic carbocycles. The van der Waals surface area contributed by atoms with E-state index in [9.17, 15) is 0 Å². The molecule has 0 radical (unpaired) electrons. The summed E-state index contributed by atoms with van der Waals surface area (Å²) in [4.78, 5) is 0. The fraction of sp³-hybridized carbons (Fsp3) is 0.692. The van der Waals surface area contributed by atoms with E-state index in [0.717, 1.165) is 25.9 Å². The van der Waals surface area contributed by atoms with Gasteiger partial charge in [-0.05, 0) is 46.2 Å². The predicted molar refractivity (Wildman–Crippen MR) is 68.3 cm³/mol. The molecule has 1 N–H and O–H groups in total. The van der Waals surface area contributed by atoms with Gasteiger partial charge < -0.3 is 5.32 Å². The number of nitrogens with one attached hydrogen (secondary N) is 1. The minimum Gasteiger partial charge on any atom is -0.312 e. The van der Waals surface area contributed by atoms with Crippen LogP contribution in [0.15, 0.2) is 18.5 Å². The second-order valence-corrected chi connectivity index (χ2v) is 5.18. The first kappa shape index (κ1) is 13.7. The maximum atomic E-state index is 8.89. The SMILES string of the molecule is CC(Cn1cccn1)NCCCC(C)(C)C#N. The molecule has 0 saturated carbocycles. The molecule has 0 bridgehead atoms. The Kier molecular flexibility index (Phi) is 5.17. The van der Waals surface area contributed by atoms with Gasteiger partial charge in [-0.1, -0.05) is 0 Å². The maximum absolute atomic E-state index is 8.89. The lowest BCUT2D eigenvalue weighted by molar-refractivity contribution is 0.398. The molecule has 0 aliphatic heterocycles. The monoisotopic (exact) mass is 234 g/mol. The summed E-state index contributed by atoms with van der Waals surface area (Å²) in [5, 5.41) is 16.5. The minimum absolute atomic E-state index is 0.201. The third kappa shape index (κ3) is 5.50. The molecule has 0 fully saturated rings. The predicted octanol–water partition coefficient (Wildman–Crippen LogP) is 2.19. The molecule has 4 heteroatoms. The van der Waals surface area contributed by atoms with Gasteiger partial charge >= 0.3 is 0 Å². The van der Waals surface area contributed by atoms with Gasteiger partial charge in [-0.3, -0.25) is 4.68 Å². The van der Waals surface area contributed by atoms with Crippen LogP contribution in [0.25, 0.3) is 0 Å². The van der Waals surface area contributed by atoms with Crippen LogP contribution in [0.1, 0.15) is 33.6 Å². The van der Waals surface area contributed by atoms with Gasteiger partial charge in [0.2, 0.25) is 0 Å². The molecule has 0 amide bonds. The number of hydrogen-bond donors (Lipinski definition) is 1. The number of nitrogens with zero attached hydrogens (tertiary/aromatic N) is 3. The van der Waals surface area contributed by atoms with Crippen LogP contribution in [0, 0.1) is 16.7 Å². The highest BCUT2D eigenvalue weighted by Gasteiger charge is 2.15. The van der Waals surface area contributed by atoms with Crippen LogP contribution in [0.2, 0.25) is 0 Å². The van der Waals surface area contributed by atoms with Crippen molar-refractivity contribution >= 4 is 0 Å². The third-order valence-electron chi connectivity index (χ3n) is 2.79. The molecule has 1 unspecified atom stereocenters. The fourth-order valence-electron chi connectivity index (χ4n) is 1.69. The van der Waals surface area contributed by atoms with Crippen LogP contribution < -0.4 is 5.32 Å². The molecule has 1 rings (SSSR count). The van der Waals surface area contributed by atoms with Gasteiger partial charge in [0.05, 0.1) is 18.0 Å². The first-order chi connectivity index (χ1) is 8.03. The first-order valence-corrected chi connectivity index (χ1v) is 6.15. The molecular weight excluding hydrogens is 212 g/mol. The number of aromatic nitrogens is 2. The molecule has 0 saturated heterocycles. The summed E-state index contributed by atoms with van der Waals surface area (Å²) >= 11 is 0. The normalized spacial score (nSPS) is 13.3. The average molecular weight is 234 g/mol. The highest BCUT2D eigenvalue weighted by molar-refractivity contribution is 4.91. The zero-order valence-corrected chi connectivity index (χ0v) is 11.0. The lowest BCUT2D eigenvalue weighted by atomic mass is 9.90. The summed E-state index contributed by atoms with van der Waals surface area (Å²) in [5.74, 6) is 0. The highest BCUT2D eigenvalue weighted by Crippen LogP contribution is 2.19. The summed E-state index contributed by atoms with van der Waals surface area (Å²) in [7, 11) is 0. The van der Waals surface area contributed by atoms with Gasteiger partial charge in [-0.15, -0.1) is 0 Å². The van der Waals surface area contributed by atoms with Crippen LogP contribution in [0.3, 0.4) is 0 Å². The smallest absolute Gasteiger partial charge is 0.0683 e. The van der Waals surface area contributed by atoms with Gasteiger partial charge in [-0.2, -0.15) is 10.4 Å². The summed E-state index contributed by atoms with van der Waals surface area (Å²) in [5.41, 5.74) is -0.201. The van der Waals surface area contributed by atoms with Crippen LogP contribution >= 0.6 is 0 Å². The summed E-state index contributed by atoms with van der Waals surface area (Å²) in [6, 6.07) is 4.66. The Bertz CT molecular complexity index is 348. The number of nitriles is 1. The van der Waals surface area contributed by atoms with Gasteiger partial charge in [0.25, 0.3) is 0 Å². The molecule has 1 aromatic heterocycles. The van der Waals surface area contributed by atoms with Gasteiger partial charge in [0, 0.05) is 18.4 Å². The topological polar surface area (TPSA) is 53.6 Å². The van der Waals surface area contributed by atoms with E-state index in [4.69, 9.17) is 5.26 Å². The van der Waals surface area contributed by atoms with E-state index in [-0.39, 0.29) is 5.41 Å². The summed E-state index contributed by atoms with van der Waals surface area (Å²) in [6.45, 7) is 7.96. The van der Waals surface area contributed by atoms with Crippen LogP contribution in [0.5, 0.6) is 0 Å². The quantitative estimate of drug-likeness (QED) is 0.736.